The number of fused-ring (bicyclic) bond motifs is 2. The molecule has 0 aromatic heterocycles. The lowest BCUT2D eigenvalue weighted by molar-refractivity contribution is 0.0687. The second-order valence-corrected chi connectivity index (χ2v) is 12.5. The Labute approximate surface area is 233 Å². The minimum absolute atomic E-state index is 0.0743. The zero-order valence-electron chi connectivity index (χ0n) is 24.6. The van der Waals surface area contributed by atoms with E-state index in [1.54, 1.807) is 0 Å². The maximum Gasteiger partial charge on any atom is 0.231 e. The van der Waals surface area contributed by atoms with Crippen LogP contribution >= 0.6 is 0 Å². The summed E-state index contributed by atoms with van der Waals surface area (Å²) >= 11 is 0. The summed E-state index contributed by atoms with van der Waals surface area (Å²) in [5, 5.41) is 20.3. The molecule has 1 unspecified atom stereocenters. The molecule has 1 atom stereocenters. The summed E-state index contributed by atoms with van der Waals surface area (Å²) in [7, 11) is 0. The second kappa shape index (κ2) is 11.3. The molecule has 2 heterocycles. The third kappa shape index (κ3) is 7.03. The average Bonchev–Trinajstić information content (AvgIpc) is 3.29. The highest BCUT2D eigenvalue weighted by molar-refractivity contribution is 6.02. The normalized spacial score (nSPS) is 17.3. The molecule has 0 spiro atoms. The molecule has 6 nitrogen and oxygen atoms in total. The molecule has 6 heteroatoms. The Hall–Kier alpha value is -2.83. The molecular formula is C33H44O6. The Bertz CT molecular complexity index is 1260. The SMILES string of the molecule is C/C(=C\Cc1c(C2CC(=O)c3c(cc(C)c(CCC(C)(C)O)c3C)O2)ccc2c1OCO2)CCCC(C)(C)O. The van der Waals surface area contributed by atoms with Crippen LogP contribution in [0.4, 0.5) is 0 Å². The molecule has 0 saturated carbocycles. The Balaban J connectivity index is 1.61. The molecule has 39 heavy (non-hydrogen) atoms. The average molecular weight is 537 g/mol. The van der Waals surface area contributed by atoms with Gasteiger partial charge in [-0.1, -0.05) is 17.7 Å². The van der Waals surface area contributed by atoms with Crippen LogP contribution < -0.4 is 14.2 Å². The zero-order chi connectivity index (χ0) is 28.5. The molecule has 0 amide bonds. The van der Waals surface area contributed by atoms with Gasteiger partial charge in [0.2, 0.25) is 6.79 Å². The van der Waals surface area contributed by atoms with E-state index in [2.05, 4.69) is 13.0 Å². The van der Waals surface area contributed by atoms with E-state index in [0.717, 1.165) is 52.8 Å². The number of hydrogen-bond donors (Lipinski definition) is 2. The van der Waals surface area contributed by atoms with Crippen LogP contribution in [0.5, 0.6) is 17.2 Å². The molecule has 0 fully saturated rings. The van der Waals surface area contributed by atoms with Gasteiger partial charge in [-0.15, -0.1) is 0 Å². The summed E-state index contributed by atoms with van der Waals surface area (Å²) in [6.45, 7) is 13.6. The van der Waals surface area contributed by atoms with Crippen LogP contribution in [0.2, 0.25) is 0 Å². The molecule has 0 bridgehead atoms. The van der Waals surface area contributed by atoms with E-state index >= 15 is 0 Å². The molecule has 0 aliphatic carbocycles. The standard InChI is InChI=1S/C33H44O6/c1-20(9-8-15-32(4,5)35)10-11-25-24(12-13-27-31(25)38-19-37-27)28-18-26(34)30-22(3)23(14-16-33(6,7)36)21(2)17-29(30)39-28/h10,12-13,17,28,35-36H,8-9,11,14-16,18-19H2,1-7H3/b20-10+. The summed E-state index contributed by atoms with van der Waals surface area (Å²) in [4.78, 5) is 13.5. The van der Waals surface area contributed by atoms with E-state index in [-0.39, 0.29) is 19.0 Å². The van der Waals surface area contributed by atoms with Gasteiger partial charge in [0.25, 0.3) is 0 Å². The highest BCUT2D eigenvalue weighted by atomic mass is 16.7. The van der Waals surface area contributed by atoms with Gasteiger partial charge in [-0.25, -0.2) is 0 Å². The zero-order valence-corrected chi connectivity index (χ0v) is 24.6. The third-order valence-electron chi connectivity index (χ3n) is 7.84. The molecule has 2 aromatic rings. The van der Waals surface area contributed by atoms with Crippen molar-refractivity contribution in [2.24, 2.45) is 0 Å². The topological polar surface area (TPSA) is 85.2 Å². The van der Waals surface area contributed by atoms with Crippen LogP contribution in [0.25, 0.3) is 0 Å². The number of ketones is 1. The van der Waals surface area contributed by atoms with Gasteiger partial charge >= 0.3 is 0 Å². The van der Waals surface area contributed by atoms with E-state index in [1.165, 1.54) is 5.57 Å². The van der Waals surface area contributed by atoms with Crippen LogP contribution in [0, 0.1) is 13.8 Å². The van der Waals surface area contributed by atoms with Gasteiger partial charge in [0.05, 0.1) is 23.2 Å². The number of hydrogen-bond acceptors (Lipinski definition) is 6. The fourth-order valence-corrected chi connectivity index (χ4v) is 5.62. The molecule has 0 saturated heterocycles. The van der Waals surface area contributed by atoms with Crippen molar-refractivity contribution in [2.75, 3.05) is 6.79 Å². The predicted molar refractivity (Wildman–Crippen MR) is 153 cm³/mol. The molecule has 2 aromatic carbocycles. The Morgan fingerprint density at radius 3 is 2.44 bits per heavy atom. The van der Waals surface area contributed by atoms with Crippen LogP contribution in [-0.4, -0.2) is 34.0 Å². The van der Waals surface area contributed by atoms with Gasteiger partial charge < -0.3 is 24.4 Å². The number of rotatable bonds is 10. The third-order valence-corrected chi connectivity index (χ3v) is 7.84. The highest BCUT2D eigenvalue weighted by Gasteiger charge is 2.34. The first-order chi connectivity index (χ1) is 18.2. The van der Waals surface area contributed by atoms with Crippen molar-refractivity contribution >= 4 is 5.78 Å². The summed E-state index contributed by atoms with van der Waals surface area (Å²) in [5.41, 5.74) is 5.55. The second-order valence-electron chi connectivity index (χ2n) is 12.5. The maximum atomic E-state index is 13.5. The first-order valence-electron chi connectivity index (χ1n) is 14.1. The van der Waals surface area contributed by atoms with Gasteiger partial charge in [-0.05, 0) is 116 Å². The van der Waals surface area contributed by atoms with Crippen molar-refractivity contribution in [2.45, 2.75) is 111 Å². The Morgan fingerprint density at radius 1 is 1.03 bits per heavy atom. The number of ether oxygens (including phenoxy) is 3. The summed E-state index contributed by atoms with van der Waals surface area (Å²) < 4.78 is 18.1. The number of aryl methyl sites for hydroxylation is 1. The molecule has 2 aliphatic heterocycles. The van der Waals surface area contributed by atoms with Crippen LogP contribution in [0.3, 0.4) is 0 Å². The largest absolute Gasteiger partial charge is 0.484 e. The van der Waals surface area contributed by atoms with Gasteiger partial charge in [0, 0.05) is 11.1 Å². The first kappa shape index (κ1) is 29.2. The smallest absolute Gasteiger partial charge is 0.231 e. The molecule has 0 radical (unpaired) electrons. The molecular weight excluding hydrogens is 492 g/mol. The van der Waals surface area contributed by atoms with Gasteiger partial charge in [-0.3, -0.25) is 4.79 Å². The summed E-state index contributed by atoms with van der Waals surface area (Å²) in [6, 6.07) is 5.88. The molecule has 2 N–H and O–H groups in total. The summed E-state index contributed by atoms with van der Waals surface area (Å²) in [6.07, 6.45) is 6.58. The van der Waals surface area contributed by atoms with Crippen LogP contribution in [-0.2, 0) is 12.8 Å². The van der Waals surface area contributed by atoms with Gasteiger partial charge in [0.15, 0.2) is 17.3 Å². The molecule has 212 valence electrons. The van der Waals surface area contributed by atoms with Crippen molar-refractivity contribution in [3.8, 4) is 17.2 Å². The number of allylic oxidation sites excluding steroid dienone is 2. The molecule has 2 aliphatic rings. The van der Waals surface area contributed by atoms with E-state index in [4.69, 9.17) is 14.2 Å². The number of Topliss-reactive ketones (excluding diaryl/α,β-unsaturated/α-hetero) is 1. The lowest BCUT2D eigenvalue weighted by Gasteiger charge is -2.30. The summed E-state index contributed by atoms with van der Waals surface area (Å²) in [5.74, 6) is 2.14. The monoisotopic (exact) mass is 536 g/mol. The Morgan fingerprint density at radius 2 is 1.74 bits per heavy atom. The van der Waals surface area contributed by atoms with Gasteiger partial charge in [-0.2, -0.15) is 0 Å². The lowest BCUT2D eigenvalue weighted by atomic mass is 9.85. The fourth-order valence-electron chi connectivity index (χ4n) is 5.62. The highest BCUT2D eigenvalue weighted by Crippen LogP contribution is 2.45. The quantitative estimate of drug-likeness (QED) is 0.322. The van der Waals surface area contributed by atoms with Crippen molar-refractivity contribution in [3.05, 3.63) is 63.2 Å². The minimum atomic E-state index is -0.766. The fraction of sp³-hybridized carbons (Fsp3) is 0.545. The van der Waals surface area contributed by atoms with Crippen LogP contribution in [0.1, 0.15) is 111 Å². The van der Waals surface area contributed by atoms with E-state index in [1.807, 2.05) is 59.7 Å². The van der Waals surface area contributed by atoms with Crippen molar-refractivity contribution in [3.63, 3.8) is 0 Å². The van der Waals surface area contributed by atoms with Crippen molar-refractivity contribution < 1.29 is 29.2 Å². The van der Waals surface area contributed by atoms with E-state index in [0.29, 0.717) is 36.3 Å². The number of carbonyl (C=O) groups excluding carboxylic acids is 1. The predicted octanol–water partition coefficient (Wildman–Crippen LogP) is 6.87. The number of benzene rings is 2. The van der Waals surface area contributed by atoms with Crippen LogP contribution in [0.15, 0.2) is 29.8 Å². The van der Waals surface area contributed by atoms with Gasteiger partial charge in [0.1, 0.15) is 11.9 Å². The minimum Gasteiger partial charge on any atom is -0.484 e. The van der Waals surface area contributed by atoms with E-state index in [9.17, 15) is 15.0 Å². The first-order valence-corrected chi connectivity index (χ1v) is 14.1. The van der Waals surface area contributed by atoms with E-state index < -0.39 is 17.3 Å². The maximum absolute atomic E-state index is 13.5. The van der Waals surface area contributed by atoms with Crippen molar-refractivity contribution in [1.29, 1.82) is 0 Å². The van der Waals surface area contributed by atoms with Crippen molar-refractivity contribution in [1.82, 2.24) is 0 Å². The Kier molecular flexibility index (Phi) is 8.48. The number of carbonyl (C=O) groups is 1. The number of aliphatic hydroxyl groups is 2. The lowest BCUT2D eigenvalue weighted by Crippen LogP contribution is -2.24. The molecule has 4 rings (SSSR count).